The second-order valence-corrected chi connectivity index (χ2v) is 6.35. The van der Waals surface area contributed by atoms with Crippen molar-refractivity contribution in [1.82, 2.24) is 15.1 Å². The Balaban J connectivity index is 2.87. The van der Waals surface area contributed by atoms with Crippen molar-refractivity contribution < 1.29 is 0 Å². The molecule has 0 fully saturated rings. The van der Waals surface area contributed by atoms with E-state index in [-0.39, 0.29) is 5.54 Å². The lowest BCUT2D eigenvalue weighted by atomic mass is 9.99. The molecule has 104 valence electrons. The lowest BCUT2D eigenvalue weighted by molar-refractivity contribution is 0.346. The molecule has 0 radical (unpaired) electrons. The molecule has 3 nitrogen and oxygen atoms in total. The molecule has 0 aliphatic carbocycles. The minimum absolute atomic E-state index is 0.0675. The Morgan fingerprint density at radius 3 is 2.33 bits per heavy atom. The van der Waals surface area contributed by atoms with Crippen LogP contribution in [0.25, 0.3) is 0 Å². The van der Waals surface area contributed by atoms with Gasteiger partial charge in [0.15, 0.2) is 0 Å². The molecule has 1 N–H and O–H groups in total. The van der Waals surface area contributed by atoms with Gasteiger partial charge in [0.2, 0.25) is 0 Å². The number of aryl methyl sites for hydroxylation is 1. The monoisotopic (exact) mass is 251 g/mol. The van der Waals surface area contributed by atoms with Crippen LogP contribution in [0.1, 0.15) is 51.6 Å². The lowest BCUT2D eigenvalue weighted by Gasteiger charge is -2.21. The molecule has 0 saturated heterocycles. The zero-order valence-corrected chi connectivity index (χ0v) is 13.1. The van der Waals surface area contributed by atoms with Crippen LogP contribution in [0.3, 0.4) is 0 Å². The zero-order valence-electron chi connectivity index (χ0n) is 13.1. The summed E-state index contributed by atoms with van der Waals surface area (Å²) in [6, 6.07) is 0. The van der Waals surface area contributed by atoms with Gasteiger partial charge in [-0.25, -0.2) is 0 Å². The van der Waals surface area contributed by atoms with Crippen molar-refractivity contribution in [1.29, 1.82) is 0 Å². The summed E-state index contributed by atoms with van der Waals surface area (Å²) >= 11 is 0. The van der Waals surface area contributed by atoms with Crippen molar-refractivity contribution in [3.05, 3.63) is 17.0 Å². The molecule has 18 heavy (non-hydrogen) atoms. The third-order valence-corrected chi connectivity index (χ3v) is 3.37. The zero-order chi connectivity index (χ0) is 13.9. The van der Waals surface area contributed by atoms with Crippen LogP contribution in [0.15, 0.2) is 0 Å². The fourth-order valence-corrected chi connectivity index (χ4v) is 2.43. The molecule has 0 aliphatic rings. The molecule has 1 aromatic rings. The van der Waals surface area contributed by atoms with Gasteiger partial charge in [-0.2, -0.15) is 5.10 Å². The van der Waals surface area contributed by atoms with Gasteiger partial charge in [-0.3, -0.25) is 4.68 Å². The first-order valence-electron chi connectivity index (χ1n) is 7.03. The van der Waals surface area contributed by atoms with Gasteiger partial charge in [0.1, 0.15) is 0 Å². The van der Waals surface area contributed by atoms with Gasteiger partial charge in [0.05, 0.1) is 11.2 Å². The fourth-order valence-electron chi connectivity index (χ4n) is 2.43. The summed E-state index contributed by atoms with van der Waals surface area (Å²) in [6.07, 6.45) is 1.11. The molecule has 0 aromatic carbocycles. The Kier molecular flexibility index (Phi) is 4.97. The van der Waals surface area contributed by atoms with E-state index in [1.807, 2.05) is 0 Å². The van der Waals surface area contributed by atoms with Crippen LogP contribution >= 0.6 is 0 Å². The van der Waals surface area contributed by atoms with E-state index in [1.54, 1.807) is 0 Å². The maximum Gasteiger partial charge on any atom is 0.0628 e. The number of hydrogen-bond donors (Lipinski definition) is 1. The van der Waals surface area contributed by atoms with E-state index in [1.165, 1.54) is 17.0 Å². The number of rotatable bonds is 5. The summed E-state index contributed by atoms with van der Waals surface area (Å²) in [7, 11) is 0. The van der Waals surface area contributed by atoms with E-state index in [2.05, 4.69) is 58.5 Å². The van der Waals surface area contributed by atoms with E-state index in [0.29, 0.717) is 5.92 Å². The van der Waals surface area contributed by atoms with Crippen molar-refractivity contribution in [3.8, 4) is 0 Å². The van der Waals surface area contributed by atoms with E-state index in [0.717, 1.165) is 19.5 Å². The predicted octanol–water partition coefficient (Wildman–Crippen LogP) is 3.04. The normalized spacial score (nSPS) is 13.9. The van der Waals surface area contributed by atoms with E-state index in [4.69, 9.17) is 5.10 Å². The maximum absolute atomic E-state index is 4.71. The molecule has 1 rings (SSSR count). The van der Waals surface area contributed by atoms with Crippen LogP contribution in [-0.4, -0.2) is 22.9 Å². The molecule has 0 spiro atoms. The molecule has 0 saturated carbocycles. The highest BCUT2D eigenvalue weighted by Crippen LogP contribution is 2.23. The van der Waals surface area contributed by atoms with E-state index >= 15 is 0 Å². The second-order valence-electron chi connectivity index (χ2n) is 6.35. The van der Waals surface area contributed by atoms with Gasteiger partial charge >= 0.3 is 0 Å². The van der Waals surface area contributed by atoms with Crippen LogP contribution < -0.4 is 5.32 Å². The van der Waals surface area contributed by atoms with Gasteiger partial charge in [-0.05, 0) is 65.6 Å². The Hall–Kier alpha value is -0.830. The fraction of sp³-hybridized carbons (Fsp3) is 0.800. The van der Waals surface area contributed by atoms with E-state index in [9.17, 15) is 0 Å². The van der Waals surface area contributed by atoms with Crippen LogP contribution in [0.4, 0.5) is 0 Å². The molecule has 3 heteroatoms. The minimum atomic E-state index is 0.0675. The quantitative estimate of drug-likeness (QED) is 0.871. The highest BCUT2D eigenvalue weighted by atomic mass is 15.3. The average Bonchev–Trinajstić information content (AvgIpc) is 2.53. The SMILES string of the molecule is CCNCC(C)Cc1c(C)nn(C(C)(C)C)c1C. The Bertz CT molecular complexity index is 385. The molecule has 0 bridgehead atoms. The Morgan fingerprint density at radius 2 is 1.89 bits per heavy atom. The van der Waals surface area contributed by atoms with Crippen LogP contribution in [0, 0.1) is 19.8 Å². The van der Waals surface area contributed by atoms with Gasteiger partial charge < -0.3 is 5.32 Å². The molecular formula is C15H29N3. The highest BCUT2D eigenvalue weighted by molar-refractivity contribution is 5.26. The average molecular weight is 251 g/mol. The smallest absolute Gasteiger partial charge is 0.0628 e. The van der Waals surface area contributed by atoms with Crippen molar-refractivity contribution >= 4 is 0 Å². The molecule has 1 unspecified atom stereocenters. The molecule has 0 aliphatic heterocycles. The third kappa shape index (κ3) is 3.58. The van der Waals surface area contributed by atoms with Crippen LogP contribution in [-0.2, 0) is 12.0 Å². The minimum Gasteiger partial charge on any atom is -0.317 e. The number of nitrogens with zero attached hydrogens (tertiary/aromatic N) is 2. The Morgan fingerprint density at radius 1 is 1.28 bits per heavy atom. The van der Waals surface area contributed by atoms with Crippen molar-refractivity contribution in [2.24, 2.45) is 5.92 Å². The highest BCUT2D eigenvalue weighted by Gasteiger charge is 2.21. The number of hydrogen-bond acceptors (Lipinski definition) is 2. The summed E-state index contributed by atoms with van der Waals surface area (Å²) in [4.78, 5) is 0. The summed E-state index contributed by atoms with van der Waals surface area (Å²) in [5.74, 6) is 0.653. The van der Waals surface area contributed by atoms with Gasteiger partial charge in [0.25, 0.3) is 0 Å². The largest absolute Gasteiger partial charge is 0.317 e. The Labute approximate surface area is 112 Å². The molecule has 1 heterocycles. The second kappa shape index (κ2) is 5.87. The van der Waals surface area contributed by atoms with Crippen molar-refractivity contribution in [2.75, 3.05) is 13.1 Å². The van der Waals surface area contributed by atoms with Crippen LogP contribution in [0.5, 0.6) is 0 Å². The molecular weight excluding hydrogens is 222 g/mol. The van der Waals surface area contributed by atoms with Gasteiger partial charge in [-0.15, -0.1) is 0 Å². The number of nitrogens with one attached hydrogen (secondary N) is 1. The van der Waals surface area contributed by atoms with Gasteiger partial charge in [0, 0.05) is 5.69 Å². The van der Waals surface area contributed by atoms with Gasteiger partial charge in [-0.1, -0.05) is 13.8 Å². The summed E-state index contributed by atoms with van der Waals surface area (Å²) in [5, 5.41) is 8.13. The van der Waals surface area contributed by atoms with Crippen molar-refractivity contribution in [2.45, 2.75) is 60.4 Å². The van der Waals surface area contributed by atoms with E-state index < -0.39 is 0 Å². The summed E-state index contributed by atoms with van der Waals surface area (Å²) < 4.78 is 2.16. The standard InChI is InChI=1S/C15H29N3/c1-8-16-10-11(2)9-14-12(3)17-18(13(14)4)15(5,6)7/h11,16H,8-10H2,1-7H3. The molecule has 1 aromatic heterocycles. The maximum atomic E-state index is 4.71. The topological polar surface area (TPSA) is 29.9 Å². The number of aromatic nitrogens is 2. The van der Waals surface area contributed by atoms with Crippen molar-refractivity contribution in [3.63, 3.8) is 0 Å². The summed E-state index contributed by atoms with van der Waals surface area (Å²) in [6.45, 7) is 17.5. The molecule has 1 atom stereocenters. The first-order chi connectivity index (χ1) is 8.27. The third-order valence-electron chi connectivity index (χ3n) is 3.37. The first-order valence-corrected chi connectivity index (χ1v) is 7.03. The predicted molar refractivity (Wildman–Crippen MR) is 78.1 cm³/mol. The van der Waals surface area contributed by atoms with Crippen LogP contribution in [0.2, 0.25) is 0 Å². The molecule has 0 amide bonds. The first kappa shape index (κ1) is 15.2. The summed E-state index contributed by atoms with van der Waals surface area (Å²) in [5.41, 5.74) is 4.00. The lowest BCUT2D eigenvalue weighted by Crippen LogP contribution is -2.25.